The van der Waals surface area contributed by atoms with Crippen molar-refractivity contribution in [1.29, 1.82) is 0 Å². The van der Waals surface area contributed by atoms with Crippen LogP contribution in [0.2, 0.25) is 0 Å². The van der Waals surface area contributed by atoms with Crippen LogP contribution in [0.1, 0.15) is 11.6 Å². The third-order valence-electron chi connectivity index (χ3n) is 4.81. The maximum atomic E-state index is 13.6. The van der Waals surface area contributed by atoms with E-state index in [-0.39, 0.29) is 42.5 Å². The molecule has 4 rings (SSSR count). The Kier molecular flexibility index (Phi) is 5.87. The van der Waals surface area contributed by atoms with Gasteiger partial charge < -0.3 is 15.1 Å². The second-order valence-electron chi connectivity index (χ2n) is 6.62. The Morgan fingerprint density at radius 3 is 2.86 bits per heavy atom. The monoisotopic (exact) mass is 426 g/mol. The number of carbonyl (C=O) groups is 1. The molecule has 1 N–H and O–H groups in total. The minimum absolute atomic E-state index is 0. The number of hydrogen-bond acceptors (Lipinski definition) is 5. The average Bonchev–Trinajstić information content (AvgIpc) is 2.66. The Labute approximate surface area is 169 Å². The lowest BCUT2D eigenvalue weighted by Crippen LogP contribution is -2.49. The zero-order valence-corrected chi connectivity index (χ0v) is 16.5. The van der Waals surface area contributed by atoms with Crippen LogP contribution in [-0.4, -0.2) is 61.9 Å². The van der Waals surface area contributed by atoms with E-state index in [9.17, 15) is 17.6 Å². The zero-order chi connectivity index (χ0) is 19.0. The van der Waals surface area contributed by atoms with E-state index in [1.165, 1.54) is 12.1 Å². The summed E-state index contributed by atoms with van der Waals surface area (Å²) in [6, 6.07) is 6.01. The molecule has 1 unspecified atom stereocenters. The number of carbonyl (C=O) groups excluding carboxylic acids is 1. The van der Waals surface area contributed by atoms with Crippen LogP contribution in [0.15, 0.2) is 52.6 Å². The van der Waals surface area contributed by atoms with Crippen molar-refractivity contribution in [2.45, 2.75) is 6.04 Å². The maximum absolute atomic E-state index is 13.6. The second kappa shape index (κ2) is 8.02. The smallest absolute Gasteiger partial charge is 0.256 e. The van der Waals surface area contributed by atoms with Gasteiger partial charge in [-0.2, -0.15) is 0 Å². The highest BCUT2D eigenvalue weighted by Gasteiger charge is 2.31. The molecule has 28 heavy (non-hydrogen) atoms. The topological polar surface area (TPSA) is 82.1 Å². The number of benzene rings is 1. The fourth-order valence-corrected chi connectivity index (χ4v) is 4.42. The van der Waals surface area contributed by atoms with E-state index < -0.39 is 10.0 Å². The summed E-state index contributed by atoms with van der Waals surface area (Å²) in [4.78, 5) is 16.5. The first kappa shape index (κ1) is 20.5. The fraction of sp³-hybridized carbons (Fsp3) is 0.333. The lowest BCUT2D eigenvalue weighted by molar-refractivity contribution is -0.130. The van der Waals surface area contributed by atoms with Gasteiger partial charge in [-0.15, -0.1) is 16.8 Å². The minimum atomic E-state index is -3.43. The molecule has 7 nitrogen and oxygen atoms in total. The number of nitrogens with one attached hydrogen (secondary N) is 1. The minimum Gasteiger partial charge on any atom is -0.330 e. The Morgan fingerprint density at radius 2 is 2.07 bits per heavy atom. The molecule has 1 fully saturated rings. The van der Waals surface area contributed by atoms with Crippen LogP contribution in [0, 0.1) is 5.82 Å². The van der Waals surface area contributed by atoms with Crippen molar-refractivity contribution >= 4 is 34.2 Å². The van der Waals surface area contributed by atoms with Gasteiger partial charge in [-0.3, -0.25) is 4.79 Å². The predicted octanol–water partition coefficient (Wildman–Crippen LogP) is 1.22. The molecule has 3 aliphatic heterocycles. The van der Waals surface area contributed by atoms with E-state index in [2.05, 4.69) is 9.71 Å². The Hall–Kier alpha value is -2.23. The summed E-state index contributed by atoms with van der Waals surface area (Å²) >= 11 is 0. The van der Waals surface area contributed by atoms with Gasteiger partial charge in [0.15, 0.2) is 0 Å². The average molecular weight is 427 g/mol. The molecule has 0 radical (unpaired) electrons. The number of nitrogens with zero attached hydrogens (tertiary/aromatic N) is 3. The van der Waals surface area contributed by atoms with Gasteiger partial charge in [0.2, 0.25) is 0 Å². The van der Waals surface area contributed by atoms with Crippen molar-refractivity contribution in [2.75, 3.05) is 31.9 Å². The van der Waals surface area contributed by atoms with E-state index in [0.717, 1.165) is 5.56 Å². The molecule has 0 aromatic heterocycles. The first-order chi connectivity index (χ1) is 12.9. The van der Waals surface area contributed by atoms with Crippen LogP contribution in [0.5, 0.6) is 0 Å². The van der Waals surface area contributed by atoms with Crippen LogP contribution in [0.4, 0.5) is 4.39 Å². The quantitative estimate of drug-likeness (QED) is 0.769. The van der Waals surface area contributed by atoms with Crippen molar-refractivity contribution < 1.29 is 17.6 Å². The van der Waals surface area contributed by atoms with E-state index in [0.29, 0.717) is 31.0 Å². The van der Waals surface area contributed by atoms with E-state index in [1.807, 2.05) is 6.07 Å². The number of halogens is 2. The summed E-state index contributed by atoms with van der Waals surface area (Å²) in [6.07, 6.45) is 4.77. The Balaban J connectivity index is 0.00000225. The zero-order valence-electron chi connectivity index (χ0n) is 14.9. The van der Waals surface area contributed by atoms with E-state index >= 15 is 0 Å². The summed E-state index contributed by atoms with van der Waals surface area (Å²) in [6.45, 7) is 1.96. The SMILES string of the molecule is Cl.O=C(C1=CN2CCS(=O)(=O)N=C2C=C1)N1CCNCC1c1cccc(F)c1. The van der Waals surface area contributed by atoms with Crippen LogP contribution < -0.4 is 5.32 Å². The highest BCUT2D eigenvalue weighted by molar-refractivity contribution is 7.90. The van der Waals surface area contributed by atoms with Crippen molar-refractivity contribution in [3.05, 3.63) is 59.6 Å². The number of rotatable bonds is 2. The van der Waals surface area contributed by atoms with Gasteiger partial charge >= 0.3 is 0 Å². The highest BCUT2D eigenvalue weighted by atomic mass is 35.5. The Bertz CT molecular complexity index is 977. The summed E-state index contributed by atoms with van der Waals surface area (Å²) in [7, 11) is -3.43. The highest BCUT2D eigenvalue weighted by Crippen LogP contribution is 2.26. The van der Waals surface area contributed by atoms with E-state index in [4.69, 9.17) is 0 Å². The van der Waals surface area contributed by atoms with Crippen molar-refractivity contribution in [3.8, 4) is 0 Å². The molecule has 1 atom stereocenters. The third-order valence-corrected chi connectivity index (χ3v) is 5.97. The van der Waals surface area contributed by atoms with E-state index in [1.54, 1.807) is 34.2 Å². The first-order valence-electron chi connectivity index (χ1n) is 8.69. The second-order valence-corrected chi connectivity index (χ2v) is 8.37. The lowest BCUT2D eigenvalue weighted by Gasteiger charge is -2.37. The van der Waals surface area contributed by atoms with Crippen LogP contribution in [0.3, 0.4) is 0 Å². The largest absolute Gasteiger partial charge is 0.330 e. The normalized spacial score (nSPS) is 23.2. The standard InChI is InChI=1S/C18H19FN4O3S.ClH/c19-15-3-1-2-13(10-15)16-11-20-6-7-23(16)18(24)14-4-5-17-21-27(25,26)9-8-22(17)12-14;/h1-5,10,12,16,20H,6-9,11H2;1H. The molecule has 0 aliphatic carbocycles. The molecule has 3 heterocycles. The van der Waals surface area contributed by atoms with Crippen molar-refractivity contribution in [2.24, 2.45) is 4.40 Å². The number of amidine groups is 1. The Morgan fingerprint density at radius 1 is 1.25 bits per heavy atom. The van der Waals surface area contributed by atoms with Crippen LogP contribution >= 0.6 is 12.4 Å². The molecular weight excluding hydrogens is 407 g/mol. The van der Waals surface area contributed by atoms with Gasteiger partial charge in [0, 0.05) is 32.4 Å². The maximum Gasteiger partial charge on any atom is 0.256 e. The van der Waals surface area contributed by atoms with Crippen LogP contribution in [-0.2, 0) is 14.8 Å². The molecular formula is C18H20ClFN4O3S. The van der Waals surface area contributed by atoms with Gasteiger partial charge in [-0.05, 0) is 29.8 Å². The lowest BCUT2D eigenvalue weighted by atomic mass is 10.0. The summed E-state index contributed by atoms with van der Waals surface area (Å²) < 4.78 is 40.6. The molecule has 3 aliphatic rings. The molecule has 150 valence electrons. The number of hydrogen-bond donors (Lipinski definition) is 1. The predicted molar refractivity (Wildman–Crippen MR) is 106 cm³/mol. The van der Waals surface area contributed by atoms with Gasteiger partial charge in [-0.25, -0.2) is 12.8 Å². The molecule has 1 aromatic carbocycles. The van der Waals surface area contributed by atoms with Gasteiger partial charge in [0.1, 0.15) is 11.7 Å². The number of fused-ring (bicyclic) bond motifs is 1. The van der Waals surface area contributed by atoms with Gasteiger partial charge in [0.05, 0.1) is 17.4 Å². The first-order valence-corrected chi connectivity index (χ1v) is 10.3. The van der Waals surface area contributed by atoms with Gasteiger partial charge in [-0.1, -0.05) is 12.1 Å². The molecule has 1 amide bonds. The summed E-state index contributed by atoms with van der Waals surface area (Å²) in [5, 5.41) is 3.24. The molecule has 0 saturated carbocycles. The van der Waals surface area contributed by atoms with Gasteiger partial charge in [0.25, 0.3) is 15.9 Å². The van der Waals surface area contributed by atoms with Crippen LogP contribution in [0.25, 0.3) is 0 Å². The summed E-state index contributed by atoms with van der Waals surface area (Å²) in [5.41, 5.74) is 1.19. The number of amides is 1. The van der Waals surface area contributed by atoms with Crippen molar-refractivity contribution in [3.63, 3.8) is 0 Å². The van der Waals surface area contributed by atoms with Crippen molar-refractivity contribution in [1.82, 2.24) is 15.1 Å². The molecule has 10 heteroatoms. The molecule has 0 bridgehead atoms. The summed E-state index contributed by atoms with van der Waals surface area (Å²) in [5.74, 6) is -0.270. The molecule has 1 aromatic rings. The number of sulfonamides is 1. The molecule has 0 spiro atoms. The molecule has 1 saturated heterocycles. The fourth-order valence-electron chi connectivity index (χ4n) is 3.45. The number of piperazine rings is 1. The third kappa shape index (κ3) is 4.11.